The van der Waals surface area contributed by atoms with Gasteiger partial charge in [0.1, 0.15) is 17.4 Å². The van der Waals surface area contributed by atoms with Crippen LogP contribution in [0.4, 0.5) is 8.78 Å². The summed E-state index contributed by atoms with van der Waals surface area (Å²) in [6, 6.07) is 9.40. The van der Waals surface area contributed by atoms with E-state index in [0.29, 0.717) is 15.8 Å². The standard InChI is InChI=1S/C15H11BrF2O2/c16-13-6-5-12(18)9-15(13)20-8-7-14(19)10-1-3-11(17)4-2-10/h1-6,9H,7-8H2. The monoisotopic (exact) mass is 340 g/mol. The Balaban J connectivity index is 1.91. The molecule has 0 bridgehead atoms. The van der Waals surface area contributed by atoms with E-state index < -0.39 is 5.82 Å². The average Bonchev–Trinajstić information content (AvgIpc) is 2.43. The summed E-state index contributed by atoms with van der Waals surface area (Å²) in [7, 11) is 0. The first-order chi connectivity index (χ1) is 9.56. The average molecular weight is 341 g/mol. The minimum atomic E-state index is -0.409. The third-order valence-corrected chi connectivity index (χ3v) is 3.30. The summed E-state index contributed by atoms with van der Waals surface area (Å²) in [6.45, 7) is 0.123. The molecule has 104 valence electrons. The zero-order chi connectivity index (χ0) is 14.5. The molecule has 5 heteroatoms. The summed E-state index contributed by atoms with van der Waals surface area (Å²) in [5.41, 5.74) is 0.424. The molecule has 0 aromatic heterocycles. The number of hydrogen-bond donors (Lipinski definition) is 0. The lowest BCUT2D eigenvalue weighted by Crippen LogP contribution is -2.07. The molecule has 0 saturated carbocycles. The molecule has 0 spiro atoms. The maximum absolute atomic E-state index is 13.0. The Morgan fingerprint density at radius 2 is 1.70 bits per heavy atom. The van der Waals surface area contributed by atoms with Crippen molar-refractivity contribution < 1.29 is 18.3 Å². The molecule has 0 aliphatic carbocycles. The molecule has 0 heterocycles. The van der Waals surface area contributed by atoms with E-state index in [4.69, 9.17) is 4.74 Å². The number of Topliss-reactive ketones (excluding diaryl/α,β-unsaturated/α-hetero) is 1. The third-order valence-electron chi connectivity index (χ3n) is 2.65. The Kier molecular flexibility index (Phi) is 4.84. The molecule has 2 aromatic rings. The van der Waals surface area contributed by atoms with Gasteiger partial charge in [0.2, 0.25) is 0 Å². The molecule has 0 atom stereocenters. The molecule has 2 rings (SSSR count). The minimum absolute atomic E-state index is 0.123. The lowest BCUT2D eigenvalue weighted by atomic mass is 10.1. The van der Waals surface area contributed by atoms with Crippen LogP contribution in [0.25, 0.3) is 0 Å². The van der Waals surface area contributed by atoms with Gasteiger partial charge < -0.3 is 4.74 Å². The molecule has 0 fully saturated rings. The molecule has 0 N–H and O–H groups in total. The van der Waals surface area contributed by atoms with Crippen molar-refractivity contribution in [1.82, 2.24) is 0 Å². The number of rotatable bonds is 5. The first-order valence-corrected chi connectivity index (χ1v) is 6.72. The molecule has 0 saturated heterocycles. The van der Waals surface area contributed by atoms with Crippen LogP contribution >= 0.6 is 15.9 Å². The van der Waals surface area contributed by atoms with Crippen molar-refractivity contribution in [2.75, 3.05) is 6.61 Å². The van der Waals surface area contributed by atoms with Crippen LogP contribution in [-0.4, -0.2) is 12.4 Å². The molecule has 0 radical (unpaired) electrons. The Morgan fingerprint density at radius 1 is 1.05 bits per heavy atom. The van der Waals surface area contributed by atoms with Crippen LogP contribution < -0.4 is 4.74 Å². The van der Waals surface area contributed by atoms with Gasteiger partial charge in [0.25, 0.3) is 0 Å². The van der Waals surface area contributed by atoms with Gasteiger partial charge in [-0.1, -0.05) is 0 Å². The van der Waals surface area contributed by atoms with E-state index in [1.54, 1.807) is 0 Å². The maximum Gasteiger partial charge on any atom is 0.166 e. The van der Waals surface area contributed by atoms with Crippen LogP contribution in [0.3, 0.4) is 0 Å². The van der Waals surface area contributed by atoms with Crippen molar-refractivity contribution in [1.29, 1.82) is 0 Å². The van der Waals surface area contributed by atoms with E-state index in [0.717, 1.165) is 0 Å². The number of ether oxygens (including phenoxy) is 1. The van der Waals surface area contributed by atoms with Gasteiger partial charge in [0.15, 0.2) is 5.78 Å². The van der Waals surface area contributed by atoms with Crippen LogP contribution in [0.15, 0.2) is 46.9 Å². The van der Waals surface area contributed by atoms with Gasteiger partial charge in [0, 0.05) is 18.1 Å². The van der Waals surface area contributed by atoms with E-state index in [1.165, 1.54) is 42.5 Å². The molecule has 0 amide bonds. The summed E-state index contributed by atoms with van der Waals surface area (Å²) < 4.78 is 31.7. The Morgan fingerprint density at radius 3 is 2.40 bits per heavy atom. The van der Waals surface area contributed by atoms with Crippen LogP contribution in [0.2, 0.25) is 0 Å². The fourth-order valence-corrected chi connectivity index (χ4v) is 1.98. The quantitative estimate of drug-likeness (QED) is 0.755. The van der Waals surface area contributed by atoms with Crippen LogP contribution in [-0.2, 0) is 0 Å². The fraction of sp³-hybridized carbons (Fsp3) is 0.133. The Bertz CT molecular complexity index is 612. The fourth-order valence-electron chi connectivity index (χ4n) is 1.62. The van der Waals surface area contributed by atoms with Gasteiger partial charge in [-0.15, -0.1) is 0 Å². The first-order valence-electron chi connectivity index (χ1n) is 5.93. The van der Waals surface area contributed by atoms with E-state index in [1.807, 2.05) is 0 Å². The van der Waals surface area contributed by atoms with Crippen molar-refractivity contribution in [3.8, 4) is 5.75 Å². The number of ketones is 1. The molecule has 0 aliphatic rings. The number of benzene rings is 2. The van der Waals surface area contributed by atoms with E-state index >= 15 is 0 Å². The number of hydrogen-bond acceptors (Lipinski definition) is 2. The molecule has 0 aliphatic heterocycles. The van der Waals surface area contributed by atoms with E-state index in [-0.39, 0.29) is 24.6 Å². The molecular weight excluding hydrogens is 330 g/mol. The molecule has 2 nitrogen and oxygen atoms in total. The van der Waals surface area contributed by atoms with Crippen LogP contribution in [0.5, 0.6) is 5.75 Å². The van der Waals surface area contributed by atoms with Gasteiger partial charge in [0.05, 0.1) is 11.1 Å². The summed E-state index contributed by atoms with van der Waals surface area (Å²) in [6.07, 6.45) is 0.134. The van der Waals surface area contributed by atoms with Crippen LogP contribution in [0, 0.1) is 11.6 Å². The molecule has 0 unspecified atom stereocenters. The van der Waals surface area contributed by atoms with Gasteiger partial charge in [-0.2, -0.15) is 0 Å². The van der Waals surface area contributed by atoms with Crippen molar-refractivity contribution in [2.45, 2.75) is 6.42 Å². The Hall–Kier alpha value is -1.75. The van der Waals surface area contributed by atoms with Gasteiger partial charge in [-0.3, -0.25) is 4.79 Å². The normalized spacial score (nSPS) is 10.3. The second-order valence-electron chi connectivity index (χ2n) is 4.10. The topological polar surface area (TPSA) is 26.3 Å². The predicted octanol–water partition coefficient (Wildman–Crippen LogP) is 4.38. The van der Waals surface area contributed by atoms with Crippen LogP contribution in [0.1, 0.15) is 16.8 Å². The highest BCUT2D eigenvalue weighted by Gasteiger charge is 2.08. The first kappa shape index (κ1) is 14.7. The second kappa shape index (κ2) is 6.61. The highest BCUT2D eigenvalue weighted by Crippen LogP contribution is 2.25. The van der Waals surface area contributed by atoms with Gasteiger partial charge in [-0.05, 0) is 52.3 Å². The van der Waals surface area contributed by atoms with Gasteiger partial charge in [-0.25, -0.2) is 8.78 Å². The third kappa shape index (κ3) is 3.87. The molecule has 20 heavy (non-hydrogen) atoms. The highest BCUT2D eigenvalue weighted by atomic mass is 79.9. The van der Waals surface area contributed by atoms with Crippen molar-refractivity contribution in [2.24, 2.45) is 0 Å². The number of carbonyl (C=O) groups excluding carboxylic acids is 1. The number of halogens is 3. The highest BCUT2D eigenvalue weighted by molar-refractivity contribution is 9.10. The SMILES string of the molecule is O=C(CCOc1cc(F)ccc1Br)c1ccc(F)cc1. The summed E-state index contributed by atoms with van der Waals surface area (Å²) in [5, 5.41) is 0. The Labute approximate surface area is 123 Å². The smallest absolute Gasteiger partial charge is 0.166 e. The largest absolute Gasteiger partial charge is 0.492 e. The van der Waals surface area contributed by atoms with Crippen molar-refractivity contribution in [3.05, 3.63) is 64.1 Å². The molecule has 2 aromatic carbocycles. The zero-order valence-corrected chi connectivity index (χ0v) is 12.0. The zero-order valence-electron chi connectivity index (χ0n) is 10.4. The van der Waals surface area contributed by atoms with Crippen molar-refractivity contribution >= 4 is 21.7 Å². The predicted molar refractivity (Wildman–Crippen MR) is 74.9 cm³/mol. The van der Waals surface area contributed by atoms with Crippen molar-refractivity contribution in [3.63, 3.8) is 0 Å². The summed E-state index contributed by atoms with van der Waals surface area (Å²) in [5.74, 6) is -0.607. The maximum atomic E-state index is 13.0. The second-order valence-corrected chi connectivity index (χ2v) is 4.96. The summed E-state index contributed by atoms with van der Waals surface area (Å²) >= 11 is 3.23. The lowest BCUT2D eigenvalue weighted by Gasteiger charge is -2.08. The van der Waals surface area contributed by atoms with Gasteiger partial charge >= 0.3 is 0 Å². The van der Waals surface area contributed by atoms with E-state index in [9.17, 15) is 13.6 Å². The summed E-state index contributed by atoms with van der Waals surface area (Å²) in [4.78, 5) is 11.8. The molecular formula is C15H11BrF2O2. The minimum Gasteiger partial charge on any atom is -0.492 e. The lowest BCUT2D eigenvalue weighted by molar-refractivity contribution is 0.0962. The number of carbonyl (C=O) groups is 1. The van der Waals surface area contributed by atoms with E-state index in [2.05, 4.69) is 15.9 Å².